The standard InChI is InChI=1S/C26H23ClN4OS/c1-3-26(32)30-14-23(21-11-25(27)33-24(21)16-30)20-9-5-4-8-19(20)22-15-31(29-17(22)2)13-18-7-6-10-28-12-18/h3-12,15,23H,1,13-14,16H2,2H3/t23-/m0/s1. The van der Waals surface area contributed by atoms with Crippen LogP contribution in [0.25, 0.3) is 11.1 Å². The van der Waals surface area contributed by atoms with Crippen LogP contribution in [0.1, 0.15) is 33.2 Å². The van der Waals surface area contributed by atoms with Crippen LogP contribution in [0.4, 0.5) is 0 Å². The van der Waals surface area contributed by atoms with Crippen LogP contribution >= 0.6 is 22.9 Å². The number of halogens is 1. The van der Waals surface area contributed by atoms with Crippen molar-refractivity contribution in [2.45, 2.75) is 25.9 Å². The first-order valence-corrected chi connectivity index (χ1v) is 11.9. The quantitative estimate of drug-likeness (QED) is 0.350. The highest BCUT2D eigenvalue weighted by atomic mass is 35.5. The van der Waals surface area contributed by atoms with E-state index in [-0.39, 0.29) is 11.8 Å². The van der Waals surface area contributed by atoms with Gasteiger partial charge in [-0.25, -0.2) is 0 Å². The Morgan fingerprint density at radius 3 is 2.88 bits per heavy atom. The number of rotatable bonds is 5. The number of carbonyl (C=O) groups excluding carboxylic acids is 1. The summed E-state index contributed by atoms with van der Waals surface area (Å²) in [5.41, 5.74) is 6.64. The SMILES string of the molecule is C=CC(=O)N1Cc2sc(Cl)cc2[C@H](c2ccccc2-c2cn(Cc3cccnc3)nc2C)C1. The van der Waals surface area contributed by atoms with E-state index < -0.39 is 0 Å². The number of benzene rings is 1. The summed E-state index contributed by atoms with van der Waals surface area (Å²) in [6, 6.07) is 14.4. The highest BCUT2D eigenvalue weighted by Gasteiger charge is 2.32. The van der Waals surface area contributed by atoms with Crippen molar-refractivity contribution in [3.05, 3.63) is 105 Å². The maximum absolute atomic E-state index is 12.5. The second-order valence-electron chi connectivity index (χ2n) is 8.18. The van der Waals surface area contributed by atoms with Crippen LogP contribution in [0, 0.1) is 6.92 Å². The lowest BCUT2D eigenvalue weighted by atomic mass is 9.84. The summed E-state index contributed by atoms with van der Waals surface area (Å²) < 4.78 is 2.70. The van der Waals surface area contributed by atoms with Crippen molar-refractivity contribution >= 4 is 28.8 Å². The Balaban J connectivity index is 1.56. The fourth-order valence-corrected chi connectivity index (χ4v) is 5.89. The molecule has 4 heterocycles. The van der Waals surface area contributed by atoms with E-state index in [9.17, 15) is 4.79 Å². The minimum Gasteiger partial charge on any atom is -0.333 e. The predicted molar refractivity (Wildman–Crippen MR) is 133 cm³/mol. The Hall–Kier alpha value is -3.22. The largest absolute Gasteiger partial charge is 0.333 e. The molecule has 1 amide bonds. The van der Waals surface area contributed by atoms with E-state index >= 15 is 0 Å². The molecule has 0 N–H and O–H groups in total. The molecule has 5 nitrogen and oxygen atoms in total. The van der Waals surface area contributed by atoms with Gasteiger partial charge in [0.2, 0.25) is 5.91 Å². The van der Waals surface area contributed by atoms with E-state index in [2.05, 4.69) is 42.0 Å². The number of hydrogen-bond acceptors (Lipinski definition) is 4. The van der Waals surface area contributed by atoms with Crippen LogP contribution in [-0.2, 0) is 17.9 Å². The number of amides is 1. The minimum atomic E-state index is -0.0619. The number of nitrogens with zero attached hydrogens (tertiary/aromatic N) is 4. The van der Waals surface area contributed by atoms with Gasteiger partial charge in [0.1, 0.15) is 0 Å². The van der Waals surface area contributed by atoms with Gasteiger partial charge in [-0.1, -0.05) is 48.5 Å². The topological polar surface area (TPSA) is 51.0 Å². The van der Waals surface area contributed by atoms with E-state index in [1.807, 2.05) is 40.9 Å². The molecule has 1 aromatic carbocycles. The molecule has 1 atom stereocenters. The maximum Gasteiger partial charge on any atom is 0.246 e. The molecule has 3 aromatic heterocycles. The number of aromatic nitrogens is 3. The van der Waals surface area contributed by atoms with Gasteiger partial charge in [-0.05, 0) is 47.4 Å². The van der Waals surface area contributed by atoms with E-state index in [1.165, 1.54) is 17.2 Å². The van der Waals surface area contributed by atoms with Crippen LogP contribution in [0.15, 0.2) is 73.7 Å². The lowest BCUT2D eigenvalue weighted by Crippen LogP contribution is -2.37. The van der Waals surface area contributed by atoms with Crippen molar-refractivity contribution in [2.75, 3.05) is 6.54 Å². The molecule has 0 aliphatic carbocycles. The third kappa shape index (κ3) is 4.24. The van der Waals surface area contributed by atoms with E-state index in [0.29, 0.717) is 19.6 Å². The molecule has 0 unspecified atom stereocenters. The molecule has 0 fully saturated rings. The summed E-state index contributed by atoms with van der Waals surface area (Å²) in [6.07, 6.45) is 7.11. The molecular weight excluding hydrogens is 452 g/mol. The van der Waals surface area contributed by atoms with Gasteiger partial charge in [-0.3, -0.25) is 14.5 Å². The van der Waals surface area contributed by atoms with Gasteiger partial charge in [-0.15, -0.1) is 11.3 Å². The molecule has 7 heteroatoms. The van der Waals surface area contributed by atoms with Crippen molar-refractivity contribution < 1.29 is 4.79 Å². The van der Waals surface area contributed by atoms with Gasteiger partial charge >= 0.3 is 0 Å². The van der Waals surface area contributed by atoms with Gasteiger partial charge in [0.15, 0.2) is 0 Å². The Kier molecular flexibility index (Phi) is 5.87. The molecule has 5 rings (SSSR count). The van der Waals surface area contributed by atoms with Crippen LogP contribution in [-0.4, -0.2) is 32.1 Å². The van der Waals surface area contributed by atoms with Crippen molar-refractivity contribution in [3.63, 3.8) is 0 Å². The monoisotopic (exact) mass is 474 g/mol. The molecule has 33 heavy (non-hydrogen) atoms. The Labute approximate surface area is 202 Å². The molecule has 0 saturated carbocycles. The second kappa shape index (κ2) is 8.96. The van der Waals surface area contributed by atoms with E-state index in [4.69, 9.17) is 16.7 Å². The van der Waals surface area contributed by atoms with Gasteiger partial charge < -0.3 is 4.90 Å². The molecule has 4 aromatic rings. The maximum atomic E-state index is 12.5. The molecule has 0 spiro atoms. The molecule has 1 aliphatic rings. The lowest BCUT2D eigenvalue weighted by Gasteiger charge is -2.33. The third-order valence-corrected chi connectivity index (χ3v) is 7.32. The zero-order chi connectivity index (χ0) is 22.9. The summed E-state index contributed by atoms with van der Waals surface area (Å²) >= 11 is 7.95. The zero-order valence-corrected chi connectivity index (χ0v) is 19.8. The summed E-state index contributed by atoms with van der Waals surface area (Å²) in [5, 5.41) is 4.77. The van der Waals surface area contributed by atoms with Crippen molar-refractivity contribution in [3.8, 4) is 11.1 Å². The van der Waals surface area contributed by atoms with Gasteiger partial charge in [0.25, 0.3) is 0 Å². The smallest absolute Gasteiger partial charge is 0.246 e. The molecule has 166 valence electrons. The number of fused-ring (bicyclic) bond motifs is 1. The third-order valence-electron chi connectivity index (χ3n) is 6.05. The first-order chi connectivity index (χ1) is 16.0. The number of aryl methyl sites for hydroxylation is 1. The predicted octanol–water partition coefficient (Wildman–Crippen LogP) is 5.68. The molecular formula is C26H23ClN4OS. The zero-order valence-electron chi connectivity index (χ0n) is 18.2. The average molecular weight is 475 g/mol. The normalized spacial score (nSPS) is 15.3. The van der Waals surface area contributed by atoms with Crippen LogP contribution in [0.3, 0.4) is 0 Å². The lowest BCUT2D eigenvalue weighted by molar-refractivity contribution is -0.127. The van der Waals surface area contributed by atoms with Crippen LogP contribution < -0.4 is 0 Å². The molecule has 0 saturated heterocycles. The Bertz CT molecular complexity index is 1330. The van der Waals surface area contributed by atoms with Gasteiger partial charge in [0, 0.05) is 41.5 Å². The minimum absolute atomic E-state index is 0.0265. The summed E-state index contributed by atoms with van der Waals surface area (Å²) in [6.45, 7) is 7.53. The highest BCUT2D eigenvalue weighted by Crippen LogP contribution is 2.43. The van der Waals surface area contributed by atoms with Crippen molar-refractivity contribution in [1.82, 2.24) is 19.7 Å². The number of hydrogen-bond donors (Lipinski definition) is 0. The van der Waals surface area contributed by atoms with Crippen molar-refractivity contribution in [2.24, 2.45) is 0 Å². The second-order valence-corrected chi connectivity index (χ2v) is 9.95. The van der Waals surface area contributed by atoms with Crippen LogP contribution in [0.2, 0.25) is 4.34 Å². The first kappa shape index (κ1) is 21.6. The van der Waals surface area contributed by atoms with Crippen LogP contribution in [0.5, 0.6) is 0 Å². The van der Waals surface area contributed by atoms with E-state index in [0.717, 1.165) is 31.6 Å². The van der Waals surface area contributed by atoms with Crippen molar-refractivity contribution in [1.29, 1.82) is 0 Å². The summed E-state index contributed by atoms with van der Waals surface area (Å²) in [7, 11) is 0. The highest BCUT2D eigenvalue weighted by molar-refractivity contribution is 7.16. The number of carbonyl (C=O) groups is 1. The molecule has 0 radical (unpaired) electrons. The number of pyridine rings is 1. The first-order valence-electron chi connectivity index (χ1n) is 10.7. The van der Waals surface area contributed by atoms with E-state index in [1.54, 1.807) is 17.5 Å². The fourth-order valence-electron chi connectivity index (χ4n) is 4.53. The molecule has 1 aliphatic heterocycles. The number of thiophene rings is 1. The Morgan fingerprint density at radius 2 is 2.09 bits per heavy atom. The molecule has 0 bridgehead atoms. The Morgan fingerprint density at radius 1 is 1.24 bits per heavy atom. The van der Waals surface area contributed by atoms with Gasteiger partial charge in [0.05, 0.1) is 23.1 Å². The summed E-state index contributed by atoms with van der Waals surface area (Å²) in [5.74, 6) is -0.0354. The van der Waals surface area contributed by atoms with Gasteiger partial charge in [-0.2, -0.15) is 5.10 Å². The average Bonchev–Trinajstić information content (AvgIpc) is 3.39. The summed E-state index contributed by atoms with van der Waals surface area (Å²) in [4.78, 5) is 19.7. The fraction of sp³-hybridized carbons (Fsp3) is 0.192.